The molecule has 268 valence electrons. The summed E-state index contributed by atoms with van der Waals surface area (Å²) < 4.78 is 28.0. The van der Waals surface area contributed by atoms with Gasteiger partial charge in [-0.2, -0.15) is 27.0 Å². The number of nitrogens with zero attached hydrogens (tertiary/aromatic N) is 1. The maximum absolute atomic E-state index is 14.0. The molecule has 3 rings (SSSR count). The number of nitrogens with one attached hydrogen (secondary N) is 2. The molecule has 0 aliphatic heterocycles. The number of carboxylic acids is 1. The van der Waals surface area contributed by atoms with Crippen LogP contribution in [-0.2, 0) is 16.0 Å². The molecule has 0 heterocycles. The van der Waals surface area contributed by atoms with Crippen LogP contribution in [0.3, 0.4) is 0 Å². The second kappa shape index (κ2) is 21.0. The van der Waals surface area contributed by atoms with Gasteiger partial charge in [-0.1, -0.05) is 26.8 Å². The van der Waals surface area contributed by atoms with E-state index in [1.54, 1.807) is 30.0 Å². The van der Waals surface area contributed by atoms with Gasteiger partial charge in [0.25, 0.3) is 11.8 Å². The van der Waals surface area contributed by atoms with Crippen molar-refractivity contribution in [3.8, 4) is 0 Å². The third-order valence-electron chi connectivity index (χ3n) is 8.61. The molecule has 3 amide bonds. The maximum atomic E-state index is 14.0. The highest BCUT2D eigenvalue weighted by Gasteiger charge is 2.29. The number of carboxylic acid groups (broad SMARTS) is 1. The Morgan fingerprint density at radius 1 is 0.917 bits per heavy atom. The molecule has 3 atom stereocenters. The predicted octanol–water partition coefficient (Wildman–Crippen LogP) is 5.19. The van der Waals surface area contributed by atoms with Gasteiger partial charge in [-0.3, -0.25) is 19.2 Å². The summed E-state index contributed by atoms with van der Waals surface area (Å²) in [7, 11) is 0. The van der Waals surface area contributed by atoms with E-state index >= 15 is 0 Å². The smallest absolute Gasteiger partial charge is 0.306 e. The SMILES string of the molecule is CCCN(CCC)C(=O)c1cccc(C(=O)NC(Cc2cc(F)cc(F)c2)[C@@H](O)C[C@@H](C)C(=O)NCC2CCC(C(=O)O)CC2)c1.S.S. The molecule has 13 heteroatoms. The van der Waals surface area contributed by atoms with Crippen LogP contribution in [0.5, 0.6) is 0 Å². The fraction of sp³-hybridized carbons (Fsp3) is 0.543. The predicted molar refractivity (Wildman–Crippen MR) is 191 cm³/mol. The van der Waals surface area contributed by atoms with Crippen molar-refractivity contribution in [2.24, 2.45) is 17.8 Å². The molecule has 2 aromatic rings. The van der Waals surface area contributed by atoms with E-state index in [4.69, 9.17) is 0 Å². The van der Waals surface area contributed by atoms with E-state index < -0.39 is 41.6 Å². The zero-order valence-corrected chi connectivity index (χ0v) is 29.9. The molecule has 9 nitrogen and oxygen atoms in total. The highest BCUT2D eigenvalue weighted by molar-refractivity contribution is 7.59. The van der Waals surface area contributed by atoms with E-state index in [-0.39, 0.29) is 74.6 Å². The van der Waals surface area contributed by atoms with Gasteiger partial charge in [0.05, 0.1) is 18.1 Å². The van der Waals surface area contributed by atoms with Crippen LogP contribution in [-0.4, -0.2) is 70.6 Å². The number of aliphatic hydroxyl groups excluding tert-OH is 1. The number of benzene rings is 2. The molecule has 1 aliphatic rings. The van der Waals surface area contributed by atoms with Gasteiger partial charge in [-0.15, -0.1) is 0 Å². The number of amides is 3. The zero-order valence-electron chi connectivity index (χ0n) is 27.9. The Bertz CT molecular complexity index is 1330. The third kappa shape index (κ3) is 13.0. The van der Waals surface area contributed by atoms with Crippen molar-refractivity contribution < 1.29 is 38.2 Å². The van der Waals surface area contributed by atoms with E-state index in [0.29, 0.717) is 50.9 Å². The minimum Gasteiger partial charge on any atom is -0.481 e. The number of hydrogen-bond acceptors (Lipinski definition) is 5. The van der Waals surface area contributed by atoms with Crippen LogP contribution in [0, 0.1) is 29.4 Å². The van der Waals surface area contributed by atoms with Crippen LogP contribution >= 0.6 is 27.0 Å². The Morgan fingerprint density at radius 2 is 1.50 bits per heavy atom. The monoisotopic (exact) mass is 711 g/mol. The van der Waals surface area contributed by atoms with Crippen LogP contribution in [0.1, 0.15) is 92.0 Å². The van der Waals surface area contributed by atoms with Gasteiger partial charge in [-0.05, 0) is 93.2 Å². The van der Waals surface area contributed by atoms with Crippen molar-refractivity contribution in [3.63, 3.8) is 0 Å². The molecular weight excluding hydrogens is 661 g/mol. The lowest BCUT2D eigenvalue weighted by molar-refractivity contribution is -0.143. The van der Waals surface area contributed by atoms with Crippen LogP contribution in [0.4, 0.5) is 8.78 Å². The summed E-state index contributed by atoms with van der Waals surface area (Å²) in [5.41, 5.74) is 0.750. The van der Waals surface area contributed by atoms with Crippen molar-refractivity contribution in [2.45, 2.75) is 84.3 Å². The van der Waals surface area contributed by atoms with Gasteiger partial charge < -0.3 is 25.7 Å². The fourth-order valence-corrected chi connectivity index (χ4v) is 6.01. The van der Waals surface area contributed by atoms with Crippen molar-refractivity contribution in [1.29, 1.82) is 0 Å². The Kier molecular flexibility index (Phi) is 18.8. The summed E-state index contributed by atoms with van der Waals surface area (Å²) in [5.74, 6) is -4.29. The van der Waals surface area contributed by atoms with Gasteiger partial charge in [0, 0.05) is 42.7 Å². The number of halogens is 2. The van der Waals surface area contributed by atoms with Crippen molar-refractivity contribution in [1.82, 2.24) is 15.5 Å². The van der Waals surface area contributed by atoms with E-state index in [9.17, 15) is 38.2 Å². The average Bonchev–Trinajstić information content (AvgIpc) is 3.02. The Labute approximate surface area is 296 Å². The van der Waals surface area contributed by atoms with Crippen molar-refractivity contribution in [3.05, 3.63) is 70.8 Å². The van der Waals surface area contributed by atoms with Crippen LogP contribution < -0.4 is 10.6 Å². The number of aliphatic carboxylic acids is 1. The molecule has 0 spiro atoms. The first-order valence-electron chi connectivity index (χ1n) is 16.2. The molecule has 4 N–H and O–H groups in total. The molecular formula is C35H51F2N3O6S2. The molecule has 1 unspecified atom stereocenters. The van der Waals surface area contributed by atoms with Crippen molar-refractivity contribution >= 4 is 50.7 Å². The van der Waals surface area contributed by atoms with E-state index in [1.807, 2.05) is 13.8 Å². The Morgan fingerprint density at radius 3 is 2.06 bits per heavy atom. The lowest BCUT2D eigenvalue weighted by Gasteiger charge is -2.28. The lowest BCUT2D eigenvalue weighted by Crippen LogP contribution is -2.46. The summed E-state index contributed by atoms with van der Waals surface area (Å²) in [6.07, 6.45) is 2.72. The van der Waals surface area contributed by atoms with Gasteiger partial charge in [0.15, 0.2) is 0 Å². The number of carbonyl (C=O) groups is 4. The molecule has 0 radical (unpaired) electrons. The number of carbonyl (C=O) groups excluding carboxylic acids is 3. The second-order valence-corrected chi connectivity index (χ2v) is 12.4. The Hall–Kier alpha value is -3.16. The Balaban J connectivity index is 0.00000576. The third-order valence-corrected chi connectivity index (χ3v) is 8.61. The molecule has 0 aromatic heterocycles. The average molecular weight is 712 g/mol. The van der Waals surface area contributed by atoms with E-state index in [0.717, 1.165) is 31.0 Å². The van der Waals surface area contributed by atoms with Gasteiger partial charge in [0.1, 0.15) is 11.6 Å². The number of aliphatic hydroxyl groups is 1. The quantitative estimate of drug-likeness (QED) is 0.189. The topological polar surface area (TPSA) is 136 Å². The van der Waals surface area contributed by atoms with E-state index in [2.05, 4.69) is 10.6 Å². The van der Waals surface area contributed by atoms with Gasteiger partial charge in [-0.25, -0.2) is 8.78 Å². The minimum absolute atomic E-state index is 0. The highest BCUT2D eigenvalue weighted by Crippen LogP contribution is 2.28. The number of rotatable bonds is 16. The summed E-state index contributed by atoms with van der Waals surface area (Å²) >= 11 is 0. The maximum Gasteiger partial charge on any atom is 0.306 e. The normalized spacial score (nSPS) is 17.5. The molecule has 1 aliphatic carbocycles. The first-order chi connectivity index (χ1) is 21.9. The van der Waals surface area contributed by atoms with E-state index in [1.165, 1.54) is 6.07 Å². The minimum atomic E-state index is -1.25. The molecule has 2 aromatic carbocycles. The fourth-order valence-electron chi connectivity index (χ4n) is 6.01. The standard InChI is InChI=1S/C35H47F2N3O6.2H2S/c1-4-13-40(14-5-2)34(44)27-8-6-7-26(19-27)33(43)39-30(18-24-16-28(36)20-29(37)17-24)31(41)15-22(3)32(42)38-21-23-9-11-25(12-10-23)35(45)46;;/h6-8,16-17,19-20,22-23,25,30-31,41H,4-5,9-15,18,21H2,1-3H3,(H,38,42)(H,39,43)(H,45,46);2*1H2/t22-,23?,25?,30?,31+;;/m1../s1. The lowest BCUT2D eigenvalue weighted by atomic mass is 9.82. The van der Waals surface area contributed by atoms with Gasteiger partial charge in [0.2, 0.25) is 5.91 Å². The van der Waals surface area contributed by atoms with Crippen LogP contribution in [0.2, 0.25) is 0 Å². The zero-order chi connectivity index (χ0) is 33.8. The highest BCUT2D eigenvalue weighted by atomic mass is 32.1. The molecule has 1 saturated carbocycles. The summed E-state index contributed by atoms with van der Waals surface area (Å²) in [6.45, 7) is 7.17. The molecule has 0 bridgehead atoms. The molecule has 1 fully saturated rings. The molecule has 48 heavy (non-hydrogen) atoms. The molecule has 0 saturated heterocycles. The van der Waals surface area contributed by atoms with Crippen LogP contribution in [0.15, 0.2) is 42.5 Å². The summed E-state index contributed by atoms with van der Waals surface area (Å²) in [5, 5.41) is 26.1. The second-order valence-electron chi connectivity index (χ2n) is 12.4. The first-order valence-corrected chi connectivity index (χ1v) is 16.2. The first kappa shape index (κ1) is 42.9. The van der Waals surface area contributed by atoms with Crippen molar-refractivity contribution in [2.75, 3.05) is 19.6 Å². The van der Waals surface area contributed by atoms with Crippen LogP contribution in [0.25, 0.3) is 0 Å². The number of hydrogen-bond donors (Lipinski definition) is 4. The summed E-state index contributed by atoms with van der Waals surface area (Å²) in [6, 6.07) is 8.24. The van der Waals surface area contributed by atoms with Gasteiger partial charge >= 0.3 is 5.97 Å². The summed E-state index contributed by atoms with van der Waals surface area (Å²) in [4.78, 5) is 52.4. The largest absolute Gasteiger partial charge is 0.481 e.